The van der Waals surface area contributed by atoms with Gasteiger partial charge < -0.3 is 21.5 Å². The molecule has 5 rings (SSSR count). The van der Waals surface area contributed by atoms with Crippen molar-refractivity contribution in [2.75, 3.05) is 16.8 Å². The first kappa shape index (κ1) is 18.8. The van der Waals surface area contributed by atoms with Crippen LogP contribution >= 0.6 is 0 Å². The van der Waals surface area contributed by atoms with Crippen molar-refractivity contribution < 1.29 is 4.74 Å². The second-order valence-corrected chi connectivity index (χ2v) is 7.46. The number of nitrogens with one attached hydrogen (secondary N) is 1. The minimum Gasteiger partial charge on any atom is -0.457 e. The van der Waals surface area contributed by atoms with Crippen LogP contribution in [0.3, 0.4) is 0 Å². The number of nitrogens with zero attached hydrogens (tertiary/aromatic N) is 1. The van der Waals surface area contributed by atoms with Crippen molar-refractivity contribution in [3.05, 3.63) is 114 Å². The van der Waals surface area contributed by atoms with Crippen molar-refractivity contribution >= 4 is 22.8 Å². The van der Waals surface area contributed by atoms with Crippen LogP contribution in [0.1, 0.15) is 22.7 Å². The largest absolute Gasteiger partial charge is 0.457 e. The Hall–Kier alpha value is -4.25. The zero-order chi connectivity index (χ0) is 21.2. The number of hydrogen-bond acceptors (Lipinski definition) is 5. The Bertz CT molecular complexity index is 1230. The Kier molecular flexibility index (Phi) is 4.77. The topological polar surface area (TPSA) is 86.2 Å². The summed E-state index contributed by atoms with van der Waals surface area (Å²) >= 11 is 0. The second-order valence-electron chi connectivity index (χ2n) is 7.46. The molecule has 0 fully saturated rings. The van der Waals surface area contributed by atoms with Crippen LogP contribution in [0.25, 0.3) is 5.57 Å². The van der Waals surface area contributed by atoms with Gasteiger partial charge in [-0.15, -0.1) is 0 Å². The van der Waals surface area contributed by atoms with Gasteiger partial charge in [-0.2, -0.15) is 0 Å². The Morgan fingerprint density at radius 1 is 0.742 bits per heavy atom. The standard InChI is InChI=1S/C26H22N4O/c27-19-7-3-18(4-8-19)25-16-24(23-2-1-15-29-26(23)30-25)17-5-11-21(12-6-17)31-22-13-9-20(28)10-14-22/h1-16,25H,27-28H2,(H,29,30). The number of ether oxygens (including phenoxy) is 1. The van der Waals surface area contributed by atoms with Crippen LogP contribution in [-0.4, -0.2) is 4.98 Å². The van der Waals surface area contributed by atoms with E-state index in [9.17, 15) is 0 Å². The van der Waals surface area contributed by atoms with Gasteiger partial charge >= 0.3 is 0 Å². The molecule has 2 heterocycles. The molecule has 0 radical (unpaired) electrons. The zero-order valence-corrected chi connectivity index (χ0v) is 16.8. The van der Waals surface area contributed by atoms with E-state index in [2.05, 4.69) is 34.6 Å². The predicted octanol–water partition coefficient (Wildman–Crippen LogP) is 5.64. The molecular weight excluding hydrogens is 384 g/mol. The van der Waals surface area contributed by atoms with Crippen molar-refractivity contribution in [2.24, 2.45) is 0 Å². The molecule has 0 saturated heterocycles. The smallest absolute Gasteiger partial charge is 0.134 e. The molecule has 1 unspecified atom stereocenters. The molecule has 1 aliphatic rings. The third kappa shape index (κ3) is 3.94. The molecule has 1 aromatic heterocycles. The monoisotopic (exact) mass is 406 g/mol. The number of benzene rings is 3. The lowest BCUT2D eigenvalue weighted by Gasteiger charge is -2.26. The third-order valence-electron chi connectivity index (χ3n) is 5.30. The molecule has 3 aromatic carbocycles. The van der Waals surface area contributed by atoms with E-state index in [0.29, 0.717) is 5.69 Å². The molecule has 5 heteroatoms. The summed E-state index contributed by atoms with van der Waals surface area (Å²) in [6, 6.07) is 27.4. The van der Waals surface area contributed by atoms with Gasteiger partial charge in [0.1, 0.15) is 17.3 Å². The Morgan fingerprint density at radius 2 is 1.35 bits per heavy atom. The summed E-state index contributed by atoms with van der Waals surface area (Å²) in [4.78, 5) is 4.56. The van der Waals surface area contributed by atoms with Crippen molar-refractivity contribution in [3.8, 4) is 11.5 Å². The zero-order valence-electron chi connectivity index (χ0n) is 16.8. The molecule has 5 N–H and O–H groups in total. The molecule has 1 atom stereocenters. The maximum Gasteiger partial charge on any atom is 0.134 e. The molecule has 4 aromatic rings. The van der Waals surface area contributed by atoms with Crippen LogP contribution in [0.2, 0.25) is 0 Å². The lowest BCUT2D eigenvalue weighted by Crippen LogP contribution is -2.16. The van der Waals surface area contributed by atoms with Gasteiger partial charge in [0, 0.05) is 23.1 Å². The van der Waals surface area contributed by atoms with Gasteiger partial charge in [0.25, 0.3) is 0 Å². The molecule has 31 heavy (non-hydrogen) atoms. The van der Waals surface area contributed by atoms with E-state index in [-0.39, 0.29) is 6.04 Å². The van der Waals surface area contributed by atoms with E-state index < -0.39 is 0 Å². The van der Waals surface area contributed by atoms with Crippen molar-refractivity contribution in [1.82, 2.24) is 4.98 Å². The Morgan fingerprint density at radius 3 is 2.03 bits per heavy atom. The maximum atomic E-state index is 5.94. The fraction of sp³-hybridized carbons (Fsp3) is 0.0385. The summed E-state index contributed by atoms with van der Waals surface area (Å²) in [5, 5.41) is 3.52. The number of rotatable bonds is 4. The SMILES string of the molecule is Nc1ccc(Oc2ccc(C3=CC(c4ccc(N)cc4)Nc4ncccc43)cc2)cc1. The lowest BCUT2D eigenvalue weighted by atomic mass is 9.91. The Balaban J connectivity index is 1.47. The first-order valence-electron chi connectivity index (χ1n) is 10.1. The van der Waals surface area contributed by atoms with E-state index in [1.165, 1.54) is 0 Å². The van der Waals surface area contributed by atoms with Crippen LogP contribution in [0.5, 0.6) is 11.5 Å². The average Bonchev–Trinajstić information content (AvgIpc) is 2.81. The highest BCUT2D eigenvalue weighted by atomic mass is 16.5. The average molecular weight is 406 g/mol. The van der Waals surface area contributed by atoms with Crippen molar-refractivity contribution in [3.63, 3.8) is 0 Å². The molecule has 0 spiro atoms. The number of nitrogen functional groups attached to an aromatic ring is 2. The Labute approximate surface area is 181 Å². The number of nitrogens with two attached hydrogens (primary N) is 2. The summed E-state index contributed by atoms with van der Waals surface area (Å²) in [5.41, 5.74) is 17.5. The first-order chi connectivity index (χ1) is 15.2. The fourth-order valence-electron chi connectivity index (χ4n) is 3.69. The number of fused-ring (bicyclic) bond motifs is 1. The van der Waals surface area contributed by atoms with E-state index >= 15 is 0 Å². The van der Waals surface area contributed by atoms with Gasteiger partial charge in [-0.1, -0.05) is 24.3 Å². The van der Waals surface area contributed by atoms with Crippen LogP contribution in [0.4, 0.5) is 17.2 Å². The van der Waals surface area contributed by atoms with Gasteiger partial charge in [0.15, 0.2) is 0 Å². The first-order valence-corrected chi connectivity index (χ1v) is 10.1. The molecule has 0 aliphatic carbocycles. The van der Waals surface area contributed by atoms with Gasteiger partial charge in [0.05, 0.1) is 6.04 Å². The lowest BCUT2D eigenvalue weighted by molar-refractivity contribution is 0.483. The predicted molar refractivity (Wildman–Crippen MR) is 126 cm³/mol. The van der Waals surface area contributed by atoms with Crippen molar-refractivity contribution in [2.45, 2.75) is 6.04 Å². The maximum absolute atomic E-state index is 5.94. The van der Waals surface area contributed by atoms with Gasteiger partial charge in [-0.25, -0.2) is 4.98 Å². The summed E-state index contributed by atoms with van der Waals surface area (Å²) in [7, 11) is 0. The molecule has 0 saturated carbocycles. The molecule has 1 aliphatic heterocycles. The summed E-state index contributed by atoms with van der Waals surface area (Å²) in [5.74, 6) is 2.38. The molecule has 5 nitrogen and oxygen atoms in total. The summed E-state index contributed by atoms with van der Waals surface area (Å²) in [6.45, 7) is 0. The van der Waals surface area contributed by atoms with Gasteiger partial charge in [-0.3, -0.25) is 0 Å². The highest BCUT2D eigenvalue weighted by Gasteiger charge is 2.21. The fourth-order valence-corrected chi connectivity index (χ4v) is 3.69. The van der Waals surface area contributed by atoms with Crippen molar-refractivity contribution in [1.29, 1.82) is 0 Å². The van der Waals surface area contributed by atoms with Crippen LogP contribution in [-0.2, 0) is 0 Å². The number of pyridine rings is 1. The second kappa shape index (κ2) is 7.88. The van der Waals surface area contributed by atoms with E-state index in [1.54, 1.807) is 6.20 Å². The molecule has 152 valence electrons. The molecule has 0 bridgehead atoms. The number of anilines is 3. The van der Waals surface area contributed by atoms with Crippen LogP contribution in [0, 0.1) is 0 Å². The minimum absolute atomic E-state index is 0.00343. The quantitative estimate of drug-likeness (QED) is 0.382. The van der Waals surface area contributed by atoms with Gasteiger partial charge in [-0.05, 0) is 83.4 Å². The number of aromatic nitrogens is 1. The minimum atomic E-state index is 0.00343. The normalized spacial score (nSPS) is 14.8. The highest BCUT2D eigenvalue weighted by molar-refractivity contribution is 5.88. The third-order valence-corrected chi connectivity index (χ3v) is 5.30. The van der Waals surface area contributed by atoms with Crippen LogP contribution < -0.4 is 21.5 Å². The molecule has 0 amide bonds. The number of hydrogen-bond donors (Lipinski definition) is 3. The molecular formula is C26H22N4O. The van der Waals surface area contributed by atoms with Gasteiger partial charge in [0.2, 0.25) is 0 Å². The van der Waals surface area contributed by atoms with E-state index in [1.807, 2.05) is 66.7 Å². The summed E-state index contributed by atoms with van der Waals surface area (Å²) in [6.07, 6.45) is 4.03. The van der Waals surface area contributed by atoms with E-state index in [4.69, 9.17) is 16.2 Å². The van der Waals surface area contributed by atoms with E-state index in [0.717, 1.165) is 45.3 Å². The van der Waals surface area contributed by atoms with Crippen LogP contribution in [0.15, 0.2) is 97.2 Å². The highest BCUT2D eigenvalue weighted by Crippen LogP contribution is 2.38. The summed E-state index contributed by atoms with van der Waals surface area (Å²) < 4.78 is 5.94.